The van der Waals surface area contributed by atoms with Gasteiger partial charge in [-0.2, -0.15) is 0 Å². The molecule has 1 fully saturated rings. The van der Waals surface area contributed by atoms with Crippen LogP contribution in [0.4, 0.5) is 4.39 Å². The molecule has 0 bridgehead atoms. The predicted molar refractivity (Wildman–Crippen MR) is 56.6 cm³/mol. The fourth-order valence-corrected chi connectivity index (χ4v) is 1.90. The summed E-state index contributed by atoms with van der Waals surface area (Å²) in [5, 5.41) is 15.1. The Morgan fingerprint density at radius 3 is 2.50 bits per heavy atom. The van der Waals surface area contributed by atoms with Gasteiger partial charge in [0.05, 0.1) is 6.04 Å². The van der Waals surface area contributed by atoms with Crippen molar-refractivity contribution in [3.05, 3.63) is 35.6 Å². The highest BCUT2D eigenvalue weighted by Crippen LogP contribution is 2.19. The molecule has 1 aliphatic heterocycles. The summed E-state index contributed by atoms with van der Waals surface area (Å²) in [4.78, 5) is 11.0. The maximum Gasteiger partial charge on any atom is 0.322 e. The van der Waals surface area contributed by atoms with Crippen molar-refractivity contribution >= 4 is 5.97 Å². The highest BCUT2D eigenvalue weighted by Gasteiger charge is 2.31. The lowest BCUT2D eigenvalue weighted by Gasteiger charge is -2.31. The van der Waals surface area contributed by atoms with E-state index in [4.69, 9.17) is 5.11 Å². The molecule has 0 aliphatic carbocycles. The van der Waals surface area contributed by atoms with Crippen molar-refractivity contribution in [2.45, 2.75) is 12.1 Å². The first-order chi connectivity index (χ1) is 7.68. The first-order valence-electron chi connectivity index (χ1n) is 5.13. The third-order valence-electron chi connectivity index (χ3n) is 2.68. The minimum Gasteiger partial charge on any atom is -0.480 e. The van der Waals surface area contributed by atoms with E-state index in [0.717, 1.165) is 5.56 Å². The first-order valence-corrected chi connectivity index (χ1v) is 5.13. The van der Waals surface area contributed by atoms with E-state index in [-0.39, 0.29) is 11.9 Å². The molecule has 0 saturated carbocycles. The molecule has 4 nitrogen and oxygen atoms in total. The van der Waals surface area contributed by atoms with E-state index in [1.165, 1.54) is 12.1 Å². The van der Waals surface area contributed by atoms with E-state index in [0.29, 0.717) is 13.1 Å². The van der Waals surface area contributed by atoms with Gasteiger partial charge >= 0.3 is 5.97 Å². The van der Waals surface area contributed by atoms with Crippen LogP contribution < -0.4 is 10.6 Å². The van der Waals surface area contributed by atoms with Gasteiger partial charge in [0.25, 0.3) is 0 Å². The van der Waals surface area contributed by atoms with Crippen LogP contribution in [0.15, 0.2) is 24.3 Å². The molecule has 3 N–H and O–H groups in total. The van der Waals surface area contributed by atoms with E-state index in [2.05, 4.69) is 10.6 Å². The summed E-state index contributed by atoms with van der Waals surface area (Å²) in [6.45, 7) is 1.32. The lowest BCUT2D eigenvalue weighted by atomic mass is 9.97. The summed E-state index contributed by atoms with van der Waals surface area (Å²) < 4.78 is 12.8. The summed E-state index contributed by atoms with van der Waals surface area (Å²) in [7, 11) is 0. The topological polar surface area (TPSA) is 61.4 Å². The van der Waals surface area contributed by atoms with E-state index in [9.17, 15) is 9.18 Å². The van der Waals surface area contributed by atoms with Crippen LogP contribution in [0.1, 0.15) is 11.6 Å². The molecule has 0 spiro atoms. The van der Waals surface area contributed by atoms with Gasteiger partial charge in [0.1, 0.15) is 11.9 Å². The molecule has 16 heavy (non-hydrogen) atoms. The molecule has 2 atom stereocenters. The molecular formula is C11H13FN2O2. The number of halogens is 1. The van der Waals surface area contributed by atoms with Crippen molar-refractivity contribution in [1.82, 2.24) is 10.6 Å². The molecule has 2 unspecified atom stereocenters. The summed E-state index contributed by atoms with van der Waals surface area (Å²) in [5.74, 6) is -1.22. The average molecular weight is 224 g/mol. The van der Waals surface area contributed by atoms with Gasteiger partial charge in [-0.05, 0) is 17.7 Å². The lowest BCUT2D eigenvalue weighted by Crippen LogP contribution is -2.54. The van der Waals surface area contributed by atoms with E-state index in [1.54, 1.807) is 12.1 Å². The van der Waals surface area contributed by atoms with Gasteiger partial charge < -0.3 is 15.7 Å². The molecule has 1 aromatic carbocycles. The Bertz CT molecular complexity index is 380. The maximum absolute atomic E-state index is 12.8. The zero-order chi connectivity index (χ0) is 11.5. The van der Waals surface area contributed by atoms with E-state index in [1.807, 2.05) is 0 Å². The van der Waals surface area contributed by atoms with Crippen molar-refractivity contribution < 1.29 is 14.3 Å². The minimum atomic E-state index is -0.901. The molecule has 1 heterocycles. The number of nitrogens with one attached hydrogen (secondary N) is 2. The van der Waals surface area contributed by atoms with Crippen LogP contribution >= 0.6 is 0 Å². The number of rotatable bonds is 2. The third kappa shape index (κ3) is 2.20. The monoisotopic (exact) mass is 224 g/mol. The summed E-state index contributed by atoms with van der Waals surface area (Å²) in [6.07, 6.45) is 0. The average Bonchev–Trinajstić information content (AvgIpc) is 2.30. The van der Waals surface area contributed by atoms with Gasteiger partial charge in [-0.25, -0.2) is 4.39 Å². The second-order valence-electron chi connectivity index (χ2n) is 3.75. The van der Waals surface area contributed by atoms with Crippen molar-refractivity contribution in [3.8, 4) is 0 Å². The summed E-state index contributed by atoms with van der Waals surface area (Å²) in [6, 6.07) is 4.91. The molecule has 2 rings (SSSR count). The van der Waals surface area contributed by atoms with Crippen LogP contribution in [0.3, 0.4) is 0 Å². The smallest absolute Gasteiger partial charge is 0.322 e. The fourth-order valence-electron chi connectivity index (χ4n) is 1.90. The van der Waals surface area contributed by atoms with Crippen molar-refractivity contribution in [2.24, 2.45) is 0 Å². The molecule has 1 aliphatic rings. The van der Waals surface area contributed by atoms with E-state index >= 15 is 0 Å². The Hall–Kier alpha value is -1.46. The van der Waals surface area contributed by atoms with Gasteiger partial charge in [-0.1, -0.05) is 12.1 Å². The summed E-state index contributed by atoms with van der Waals surface area (Å²) >= 11 is 0. The van der Waals surface area contributed by atoms with Crippen molar-refractivity contribution in [2.75, 3.05) is 13.1 Å². The van der Waals surface area contributed by atoms with Gasteiger partial charge in [0.15, 0.2) is 0 Å². The molecule has 1 saturated heterocycles. The molecule has 0 amide bonds. The fraction of sp³-hybridized carbons (Fsp3) is 0.364. The molecular weight excluding hydrogens is 211 g/mol. The van der Waals surface area contributed by atoms with Gasteiger partial charge in [0.2, 0.25) is 0 Å². The maximum atomic E-state index is 12.8. The SMILES string of the molecule is O=C(O)C1NCCNC1c1ccc(F)cc1. The van der Waals surface area contributed by atoms with Crippen LogP contribution in [0.2, 0.25) is 0 Å². The molecule has 0 radical (unpaired) electrons. The molecule has 1 aromatic rings. The number of piperazine rings is 1. The summed E-state index contributed by atoms with van der Waals surface area (Å²) in [5.41, 5.74) is 0.779. The van der Waals surface area contributed by atoms with E-state index < -0.39 is 12.0 Å². The van der Waals surface area contributed by atoms with Crippen LogP contribution in [-0.2, 0) is 4.79 Å². The number of carboxylic acid groups (broad SMARTS) is 1. The van der Waals surface area contributed by atoms with Crippen LogP contribution in [0.5, 0.6) is 0 Å². The Morgan fingerprint density at radius 1 is 1.25 bits per heavy atom. The molecule has 0 aromatic heterocycles. The second kappa shape index (κ2) is 4.59. The van der Waals surface area contributed by atoms with Gasteiger partial charge in [-0.3, -0.25) is 4.79 Å². The zero-order valence-electron chi connectivity index (χ0n) is 8.61. The Kier molecular flexibility index (Phi) is 3.17. The Labute approximate surface area is 92.5 Å². The highest BCUT2D eigenvalue weighted by atomic mass is 19.1. The third-order valence-corrected chi connectivity index (χ3v) is 2.68. The zero-order valence-corrected chi connectivity index (χ0v) is 8.61. The minimum absolute atomic E-state index is 0.313. The van der Waals surface area contributed by atoms with Gasteiger partial charge in [-0.15, -0.1) is 0 Å². The number of hydrogen-bond donors (Lipinski definition) is 3. The quantitative estimate of drug-likeness (QED) is 0.685. The van der Waals surface area contributed by atoms with Crippen LogP contribution in [0, 0.1) is 5.82 Å². The first kappa shape index (κ1) is 11.0. The number of hydrogen-bond acceptors (Lipinski definition) is 3. The standard InChI is InChI=1S/C11H13FN2O2/c12-8-3-1-7(2-4-8)9-10(11(15)16)14-6-5-13-9/h1-4,9-10,13-14H,5-6H2,(H,15,16). The van der Waals surface area contributed by atoms with Gasteiger partial charge in [0, 0.05) is 13.1 Å². The van der Waals surface area contributed by atoms with Crippen LogP contribution in [-0.4, -0.2) is 30.2 Å². The second-order valence-corrected chi connectivity index (χ2v) is 3.75. The number of carboxylic acids is 1. The Balaban J connectivity index is 2.23. The van der Waals surface area contributed by atoms with Crippen molar-refractivity contribution in [1.29, 1.82) is 0 Å². The normalized spacial score (nSPS) is 25.3. The Morgan fingerprint density at radius 2 is 1.88 bits per heavy atom. The number of carbonyl (C=O) groups is 1. The largest absolute Gasteiger partial charge is 0.480 e. The molecule has 5 heteroatoms. The highest BCUT2D eigenvalue weighted by molar-refractivity contribution is 5.75. The number of benzene rings is 1. The van der Waals surface area contributed by atoms with Crippen LogP contribution in [0.25, 0.3) is 0 Å². The lowest BCUT2D eigenvalue weighted by molar-refractivity contribution is -0.140. The molecule has 86 valence electrons. The van der Waals surface area contributed by atoms with Crippen molar-refractivity contribution in [3.63, 3.8) is 0 Å². The number of aliphatic carboxylic acids is 1. The predicted octanol–water partition coefficient (Wildman–Crippen LogP) is 0.513.